The van der Waals surface area contributed by atoms with Gasteiger partial charge in [-0.25, -0.2) is 4.39 Å². The highest BCUT2D eigenvalue weighted by Crippen LogP contribution is 2.28. The second-order valence-electron chi connectivity index (χ2n) is 5.25. The molecule has 1 amide bonds. The molecule has 6 heteroatoms. The third-order valence-electron chi connectivity index (χ3n) is 2.56. The van der Waals surface area contributed by atoms with Crippen molar-refractivity contribution in [3.63, 3.8) is 0 Å². The van der Waals surface area contributed by atoms with Crippen molar-refractivity contribution in [3.05, 3.63) is 27.6 Å². The zero-order valence-corrected chi connectivity index (χ0v) is 13.0. The summed E-state index contributed by atoms with van der Waals surface area (Å²) in [4.78, 5) is 23.2. The van der Waals surface area contributed by atoms with Crippen LogP contribution in [-0.2, 0) is 9.59 Å². The third-order valence-corrected chi connectivity index (χ3v) is 3.46. The Hall–Kier alpha value is -1.18. The molecule has 0 saturated carbocycles. The molecule has 0 aliphatic heterocycles. The Balaban J connectivity index is 2.97. The highest BCUT2D eigenvalue weighted by atomic mass is 127. The Morgan fingerprint density at radius 2 is 1.95 bits per heavy atom. The number of aliphatic carboxylic acids is 1. The van der Waals surface area contributed by atoms with Crippen molar-refractivity contribution >= 4 is 40.2 Å². The molecular formula is C13H15FINO3. The minimum absolute atomic E-state index is 0.405. The maximum Gasteiger partial charge on any atom is 0.316 e. The van der Waals surface area contributed by atoms with Crippen molar-refractivity contribution < 1.29 is 19.1 Å². The molecule has 0 spiro atoms. The molecule has 1 aromatic carbocycles. The van der Waals surface area contributed by atoms with E-state index in [2.05, 4.69) is 5.32 Å². The zero-order valence-electron chi connectivity index (χ0n) is 10.8. The van der Waals surface area contributed by atoms with E-state index in [1.54, 1.807) is 20.8 Å². The Morgan fingerprint density at radius 3 is 2.37 bits per heavy atom. The molecule has 1 unspecified atom stereocenters. The van der Waals surface area contributed by atoms with Gasteiger partial charge in [-0.3, -0.25) is 9.59 Å². The fourth-order valence-electron chi connectivity index (χ4n) is 1.67. The first kappa shape index (κ1) is 15.9. The maximum absolute atomic E-state index is 12.9. The van der Waals surface area contributed by atoms with Gasteiger partial charge in [-0.15, -0.1) is 0 Å². The lowest BCUT2D eigenvalue weighted by molar-refractivity contribution is -0.149. The molecule has 19 heavy (non-hydrogen) atoms. The summed E-state index contributed by atoms with van der Waals surface area (Å²) < 4.78 is 13.5. The van der Waals surface area contributed by atoms with Crippen LogP contribution in [0.25, 0.3) is 0 Å². The van der Waals surface area contributed by atoms with Gasteiger partial charge in [0.25, 0.3) is 0 Å². The van der Waals surface area contributed by atoms with Crippen LogP contribution in [0.2, 0.25) is 0 Å². The molecule has 2 N–H and O–H groups in total. The Labute approximate surface area is 124 Å². The minimum atomic E-state index is -1.18. The highest BCUT2D eigenvalue weighted by molar-refractivity contribution is 14.1. The van der Waals surface area contributed by atoms with Crippen molar-refractivity contribution in [2.45, 2.75) is 20.8 Å². The molecule has 0 bridgehead atoms. The van der Waals surface area contributed by atoms with E-state index < -0.39 is 29.0 Å². The largest absolute Gasteiger partial charge is 0.481 e. The first-order chi connectivity index (χ1) is 8.62. The summed E-state index contributed by atoms with van der Waals surface area (Å²) in [6.07, 6.45) is 0. The quantitative estimate of drug-likeness (QED) is 0.627. The number of hydrogen-bond donors (Lipinski definition) is 2. The fourth-order valence-corrected chi connectivity index (χ4v) is 2.28. The smallest absolute Gasteiger partial charge is 0.316 e. The SMILES string of the molecule is CC(C)(C)C(C(=O)O)C(=O)Nc1ccc(F)cc1I. The summed E-state index contributed by atoms with van der Waals surface area (Å²) in [6, 6.07) is 3.89. The molecule has 0 aromatic heterocycles. The van der Waals surface area contributed by atoms with Crippen LogP contribution >= 0.6 is 22.6 Å². The van der Waals surface area contributed by atoms with Gasteiger partial charge in [0, 0.05) is 3.57 Å². The summed E-state index contributed by atoms with van der Waals surface area (Å²) in [6.45, 7) is 5.04. The number of carbonyl (C=O) groups is 2. The number of amides is 1. The molecule has 1 atom stereocenters. The van der Waals surface area contributed by atoms with E-state index in [1.807, 2.05) is 22.6 Å². The Morgan fingerprint density at radius 1 is 1.37 bits per heavy atom. The van der Waals surface area contributed by atoms with Gasteiger partial charge in [0.2, 0.25) is 5.91 Å². The lowest BCUT2D eigenvalue weighted by Crippen LogP contribution is -2.39. The van der Waals surface area contributed by atoms with Crippen molar-refractivity contribution in [2.24, 2.45) is 11.3 Å². The van der Waals surface area contributed by atoms with Crippen molar-refractivity contribution in [3.8, 4) is 0 Å². The van der Waals surface area contributed by atoms with Gasteiger partial charge in [0.05, 0.1) is 5.69 Å². The normalized spacial score (nSPS) is 12.9. The van der Waals surface area contributed by atoms with E-state index in [0.717, 1.165) is 0 Å². The van der Waals surface area contributed by atoms with Crippen molar-refractivity contribution in [2.75, 3.05) is 5.32 Å². The molecule has 0 radical (unpaired) electrons. The predicted molar refractivity (Wildman–Crippen MR) is 78.3 cm³/mol. The molecular weight excluding hydrogens is 364 g/mol. The summed E-state index contributed by atoms with van der Waals surface area (Å²) >= 11 is 1.88. The fraction of sp³-hybridized carbons (Fsp3) is 0.385. The predicted octanol–water partition coefficient (Wildman–Crippen LogP) is 3.12. The van der Waals surface area contributed by atoms with E-state index in [1.165, 1.54) is 18.2 Å². The van der Waals surface area contributed by atoms with Gasteiger partial charge in [-0.2, -0.15) is 0 Å². The van der Waals surface area contributed by atoms with Crippen LogP contribution in [0.4, 0.5) is 10.1 Å². The number of carboxylic acid groups (broad SMARTS) is 1. The lowest BCUT2D eigenvalue weighted by Gasteiger charge is -2.26. The monoisotopic (exact) mass is 379 g/mol. The molecule has 1 rings (SSSR count). The summed E-state index contributed by atoms with van der Waals surface area (Å²) in [5.41, 5.74) is -0.302. The van der Waals surface area contributed by atoms with Gasteiger partial charge in [-0.05, 0) is 46.2 Å². The zero-order chi connectivity index (χ0) is 14.8. The van der Waals surface area contributed by atoms with Crippen LogP contribution in [0.1, 0.15) is 20.8 Å². The van der Waals surface area contributed by atoms with Crippen LogP contribution in [0.15, 0.2) is 18.2 Å². The van der Waals surface area contributed by atoms with Gasteiger partial charge in [0.1, 0.15) is 11.7 Å². The summed E-state index contributed by atoms with van der Waals surface area (Å²) in [5, 5.41) is 11.7. The number of anilines is 1. The van der Waals surface area contributed by atoms with Crippen molar-refractivity contribution in [1.29, 1.82) is 0 Å². The Kier molecular flexibility index (Phi) is 4.89. The van der Waals surface area contributed by atoms with E-state index in [4.69, 9.17) is 5.11 Å². The first-order valence-electron chi connectivity index (χ1n) is 5.61. The van der Waals surface area contributed by atoms with Gasteiger partial charge in [-0.1, -0.05) is 20.8 Å². The number of rotatable bonds is 3. The average molecular weight is 379 g/mol. The third kappa shape index (κ3) is 4.15. The maximum atomic E-state index is 12.9. The van der Waals surface area contributed by atoms with Crippen molar-refractivity contribution in [1.82, 2.24) is 0 Å². The van der Waals surface area contributed by atoms with Crippen LogP contribution in [0, 0.1) is 20.7 Å². The van der Waals surface area contributed by atoms with Gasteiger partial charge < -0.3 is 10.4 Å². The second kappa shape index (κ2) is 5.85. The second-order valence-corrected chi connectivity index (χ2v) is 6.41. The Bertz CT molecular complexity index is 511. The lowest BCUT2D eigenvalue weighted by atomic mass is 9.80. The van der Waals surface area contributed by atoms with E-state index in [0.29, 0.717) is 9.26 Å². The van der Waals surface area contributed by atoms with Gasteiger partial charge in [0.15, 0.2) is 0 Å². The van der Waals surface area contributed by atoms with E-state index in [9.17, 15) is 14.0 Å². The standard InChI is InChI=1S/C13H15FINO3/c1-13(2,3)10(12(18)19)11(17)16-9-5-4-7(14)6-8(9)15/h4-6,10H,1-3H3,(H,16,17)(H,18,19). The average Bonchev–Trinajstić information content (AvgIpc) is 2.19. The number of hydrogen-bond acceptors (Lipinski definition) is 2. The van der Waals surface area contributed by atoms with E-state index >= 15 is 0 Å². The van der Waals surface area contributed by atoms with Crippen LogP contribution in [-0.4, -0.2) is 17.0 Å². The van der Waals surface area contributed by atoms with Crippen LogP contribution in [0.5, 0.6) is 0 Å². The molecule has 0 fully saturated rings. The van der Waals surface area contributed by atoms with Crippen LogP contribution in [0.3, 0.4) is 0 Å². The number of benzene rings is 1. The summed E-state index contributed by atoms with van der Waals surface area (Å²) in [7, 11) is 0. The number of halogens is 2. The molecule has 4 nitrogen and oxygen atoms in total. The molecule has 0 aliphatic rings. The topological polar surface area (TPSA) is 66.4 Å². The van der Waals surface area contributed by atoms with E-state index in [-0.39, 0.29) is 0 Å². The molecule has 0 aliphatic carbocycles. The molecule has 1 aromatic rings. The minimum Gasteiger partial charge on any atom is -0.481 e. The van der Waals surface area contributed by atoms with Crippen LogP contribution < -0.4 is 5.32 Å². The first-order valence-corrected chi connectivity index (χ1v) is 6.69. The number of carbonyl (C=O) groups excluding carboxylic acids is 1. The summed E-state index contributed by atoms with van der Waals surface area (Å²) in [5.74, 6) is -3.37. The molecule has 0 heterocycles. The number of nitrogens with one attached hydrogen (secondary N) is 1. The highest BCUT2D eigenvalue weighted by Gasteiger charge is 2.37. The molecule has 0 saturated heterocycles. The number of carboxylic acids is 1. The molecule has 104 valence electrons. The van der Waals surface area contributed by atoms with Gasteiger partial charge >= 0.3 is 5.97 Å².